The summed E-state index contributed by atoms with van der Waals surface area (Å²) in [4.78, 5) is 25.3. The molecule has 1 aliphatic heterocycles. The lowest BCUT2D eigenvalue weighted by molar-refractivity contribution is -0.138. The minimum Gasteiger partial charge on any atom is -0.338 e. The van der Waals surface area contributed by atoms with Gasteiger partial charge in [0.25, 0.3) is 0 Å². The molecular formula is C17H24N6O. The summed E-state index contributed by atoms with van der Waals surface area (Å²) >= 11 is 0. The molecule has 1 atom stereocenters. The Morgan fingerprint density at radius 3 is 2.42 bits per heavy atom. The zero-order valence-electron chi connectivity index (χ0n) is 14.2. The Bertz CT molecular complexity index is 634. The number of carbonyl (C=O) groups excluding carboxylic acids is 1. The molecule has 128 valence electrons. The molecule has 0 aromatic carbocycles. The molecule has 3 heterocycles. The highest BCUT2D eigenvalue weighted by molar-refractivity contribution is 5.80. The average molecular weight is 328 g/mol. The number of nitrogens with zero attached hydrogens (tertiary/aromatic N) is 6. The van der Waals surface area contributed by atoms with Crippen LogP contribution < -0.4 is 0 Å². The van der Waals surface area contributed by atoms with E-state index >= 15 is 0 Å². The van der Waals surface area contributed by atoms with Crippen LogP contribution in [0.25, 0.3) is 0 Å². The molecule has 1 aliphatic rings. The van der Waals surface area contributed by atoms with Crippen LogP contribution in [-0.4, -0.2) is 61.6 Å². The van der Waals surface area contributed by atoms with E-state index in [0.29, 0.717) is 0 Å². The molecule has 0 aliphatic carbocycles. The molecule has 1 fully saturated rings. The van der Waals surface area contributed by atoms with Crippen LogP contribution in [-0.2, 0) is 11.3 Å². The summed E-state index contributed by atoms with van der Waals surface area (Å²) in [5.41, 5.74) is 1.26. The number of hydrogen-bond donors (Lipinski definition) is 0. The molecule has 1 amide bonds. The molecule has 0 spiro atoms. The van der Waals surface area contributed by atoms with Gasteiger partial charge in [-0.2, -0.15) is 5.10 Å². The van der Waals surface area contributed by atoms with E-state index in [1.54, 1.807) is 11.0 Å². The predicted molar refractivity (Wildman–Crippen MR) is 90.0 cm³/mol. The third-order valence-corrected chi connectivity index (χ3v) is 4.45. The first kappa shape index (κ1) is 16.6. The minimum atomic E-state index is -0.278. The molecule has 1 saturated heterocycles. The zero-order chi connectivity index (χ0) is 16.9. The average Bonchev–Trinajstić information content (AvgIpc) is 3.10. The monoisotopic (exact) mass is 328 g/mol. The van der Waals surface area contributed by atoms with Crippen molar-refractivity contribution in [1.82, 2.24) is 29.5 Å². The van der Waals surface area contributed by atoms with Crippen LogP contribution in [0.5, 0.6) is 0 Å². The fourth-order valence-corrected chi connectivity index (χ4v) is 3.12. The third-order valence-electron chi connectivity index (χ3n) is 4.45. The van der Waals surface area contributed by atoms with Crippen molar-refractivity contribution in [2.75, 3.05) is 26.2 Å². The Balaban J connectivity index is 1.58. The first-order valence-electron chi connectivity index (χ1n) is 8.39. The largest absolute Gasteiger partial charge is 0.338 e. The van der Waals surface area contributed by atoms with Crippen molar-refractivity contribution in [2.24, 2.45) is 5.92 Å². The van der Waals surface area contributed by atoms with Gasteiger partial charge in [0.15, 0.2) is 0 Å². The highest BCUT2D eigenvalue weighted by atomic mass is 16.2. The van der Waals surface area contributed by atoms with E-state index in [1.165, 1.54) is 11.9 Å². The normalized spacial score (nSPS) is 17.2. The van der Waals surface area contributed by atoms with Crippen molar-refractivity contribution in [1.29, 1.82) is 0 Å². The first-order chi connectivity index (χ1) is 11.6. The lowest BCUT2D eigenvalue weighted by Crippen LogP contribution is -2.50. The van der Waals surface area contributed by atoms with Gasteiger partial charge in [-0.1, -0.05) is 13.8 Å². The molecule has 0 bridgehead atoms. The summed E-state index contributed by atoms with van der Waals surface area (Å²) < 4.78 is 1.68. The molecule has 7 heteroatoms. The van der Waals surface area contributed by atoms with Gasteiger partial charge in [0.05, 0.1) is 0 Å². The zero-order valence-corrected chi connectivity index (χ0v) is 14.2. The van der Waals surface area contributed by atoms with Crippen molar-refractivity contribution in [3.63, 3.8) is 0 Å². The predicted octanol–water partition coefficient (Wildman–Crippen LogP) is 1.21. The van der Waals surface area contributed by atoms with Gasteiger partial charge in [-0.25, -0.2) is 9.67 Å². The number of hydrogen-bond acceptors (Lipinski definition) is 5. The van der Waals surface area contributed by atoms with Crippen molar-refractivity contribution in [3.8, 4) is 0 Å². The second-order valence-corrected chi connectivity index (χ2v) is 6.52. The summed E-state index contributed by atoms with van der Waals surface area (Å²) in [6.45, 7) is 8.27. The quantitative estimate of drug-likeness (QED) is 0.825. The minimum absolute atomic E-state index is 0.138. The number of carbonyl (C=O) groups is 1. The lowest BCUT2D eigenvalue weighted by Gasteiger charge is -2.37. The van der Waals surface area contributed by atoms with Gasteiger partial charge in [-0.3, -0.25) is 14.7 Å². The number of amides is 1. The van der Waals surface area contributed by atoms with Crippen LogP contribution in [0.1, 0.15) is 25.5 Å². The van der Waals surface area contributed by atoms with Gasteiger partial charge >= 0.3 is 0 Å². The maximum absolute atomic E-state index is 12.9. The van der Waals surface area contributed by atoms with E-state index < -0.39 is 0 Å². The van der Waals surface area contributed by atoms with Crippen LogP contribution >= 0.6 is 0 Å². The molecule has 0 N–H and O–H groups in total. The molecule has 2 aromatic rings. The smallest absolute Gasteiger partial charge is 0.247 e. The molecule has 3 rings (SSSR count). The highest BCUT2D eigenvalue weighted by Crippen LogP contribution is 2.20. The highest BCUT2D eigenvalue weighted by Gasteiger charge is 2.31. The second-order valence-electron chi connectivity index (χ2n) is 6.52. The van der Waals surface area contributed by atoms with E-state index in [4.69, 9.17) is 0 Å². The summed E-state index contributed by atoms with van der Waals surface area (Å²) in [6.07, 6.45) is 6.75. The van der Waals surface area contributed by atoms with Crippen molar-refractivity contribution >= 4 is 5.91 Å². The van der Waals surface area contributed by atoms with Gasteiger partial charge in [0.1, 0.15) is 18.7 Å². The maximum atomic E-state index is 12.9. The Hall–Kier alpha value is -2.28. The molecule has 0 saturated carbocycles. The van der Waals surface area contributed by atoms with Crippen LogP contribution in [0.2, 0.25) is 0 Å². The SMILES string of the molecule is CC(C)C(C(=O)N1CCN(Cc2ccncc2)CC1)n1cncn1. The Morgan fingerprint density at radius 1 is 1.12 bits per heavy atom. The van der Waals surface area contributed by atoms with Gasteiger partial charge in [-0.05, 0) is 23.6 Å². The number of rotatable bonds is 5. The first-order valence-corrected chi connectivity index (χ1v) is 8.39. The summed E-state index contributed by atoms with van der Waals surface area (Å²) in [7, 11) is 0. The van der Waals surface area contributed by atoms with Crippen molar-refractivity contribution in [3.05, 3.63) is 42.7 Å². The van der Waals surface area contributed by atoms with Gasteiger partial charge in [-0.15, -0.1) is 0 Å². The number of piperazine rings is 1. The molecule has 7 nitrogen and oxygen atoms in total. The summed E-state index contributed by atoms with van der Waals surface area (Å²) in [5.74, 6) is 0.313. The summed E-state index contributed by atoms with van der Waals surface area (Å²) in [5, 5.41) is 4.17. The Kier molecular flexibility index (Phi) is 5.20. The Morgan fingerprint density at radius 2 is 1.83 bits per heavy atom. The number of aromatic nitrogens is 4. The van der Waals surface area contributed by atoms with Crippen LogP contribution in [0, 0.1) is 5.92 Å². The standard InChI is InChI=1S/C17H24N6O/c1-14(2)16(23-13-19-12-20-23)17(24)22-9-7-21(8-10-22)11-15-3-5-18-6-4-15/h3-6,12-14,16H,7-11H2,1-2H3. The topological polar surface area (TPSA) is 67.2 Å². The number of pyridine rings is 1. The molecular weight excluding hydrogens is 304 g/mol. The van der Waals surface area contributed by atoms with E-state index in [1.807, 2.05) is 43.3 Å². The van der Waals surface area contributed by atoms with Crippen LogP contribution in [0.3, 0.4) is 0 Å². The van der Waals surface area contributed by atoms with E-state index in [9.17, 15) is 4.79 Å². The van der Waals surface area contributed by atoms with E-state index in [0.717, 1.165) is 32.7 Å². The van der Waals surface area contributed by atoms with Crippen molar-refractivity contribution < 1.29 is 4.79 Å². The van der Waals surface area contributed by atoms with Gasteiger partial charge in [0, 0.05) is 45.1 Å². The second kappa shape index (κ2) is 7.53. The molecule has 24 heavy (non-hydrogen) atoms. The van der Waals surface area contributed by atoms with E-state index in [2.05, 4.69) is 20.0 Å². The van der Waals surface area contributed by atoms with E-state index in [-0.39, 0.29) is 17.9 Å². The lowest BCUT2D eigenvalue weighted by atomic mass is 10.0. The maximum Gasteiger partial charge on any atom is 0.247 e. The molecule has 0 radical (unpaired) electrons. The van der Waals surface area contributed by atoms with Gasteiger partial charge < -0.3 is 4.90 Å². The van der Waals surface area contributed by atoms with Crippen molar-refractivity contribution in [2.45, 2.75) is 26.4 Å². The molecule has 2 aromatic heterocycles. The Labute approximate surface area is 142 Å². The van der Waals surface area contributed by atoms with Crippen LogP contribution in [0.15, 0.2) is 37.2 Å². The molecule has 1 unspecified atom stereocenters. The summed E-state index contributed by atoms with van der Waals surface area (Å²) in [6, 6.07) is 3.80. The fraction of sp³-hybridized carbons (Fsp3) is 0.529. The fourth-order valence-electron chi connectivity index (χ4n) is 3.12. The van der Waals surface area contributed by atoms with Gasteiger partial charge in [0.2, 0.25) is 5.91 Å². The van der Waals surface area contributed by atoms with Crippen LogP contribution in [0.4, 0.5) is 0 Å². The third kappa shape index (κ3) is 3.79.